The SMILES string of the molecule is COC(=O)/C=C1/S/C(=N\N=Cc2cccc(OCCN3CC(C)CC(C)C3)c2)NC1=O. The van der Waals surface area contributed by atoms with Gasteiger partial charge in [-0.2, -0.15) is 5.10 Å². The van der Waals surface area contributed by atoms with Crippen molar-refractivity contribution in [2.24, 2.45) is 22.0 Å². The lowest BCUT2D eigenvalue weighted by atomic mass is 9.92. The monoisotopic (exact) mass is 444 g/mol. The van der Waals surface area contributed by atoms with Gasteiger partial charge in [0, 0.05) is 25.7 Å². The normalized spacial score (nSPS) is 24.7. The minimum absolute atomic E-state index is 0.216. The molecule has 3 rings (SSSR count). The third-order valence-electron chi connectivity index (χ3n) is 4.94. The number of hydrogen-bond donors (Lipinski definition) is 1. The van der Waals surface area contributed by atoms with Crippen LogP contribution in [0.25, 0.3) is 0 Å². The molecule has 2 heterocycles. The topological polar surface area (TPSA) is 92.6 Å². The Kier molecular flexibility index (Phi) is 8.25. The number of methoxy groups -OCH3 is 1. The van der Waals surface area contributed by atoms with E-state index in [1.165, 1.54) is 13.5 Å². The van der Waals surface area contributed by atoms with E-state index in [-0.39, 0.29) is 4.91 Å². The van der Waals surface area contributed by atoms with Gasteiger partial charge in [0.1, 0.15) is 12.4 Å². The number of amides is 1. The lowest BCUT2D eigenvalue weighted by Crippen LogP contribution is -2.40. The van der Waals surface area contributed by atoms with E-state index in [1.54, 1.807) is 6.21 Å². The van der Waals surface area contributed by atoms with Crippen molar-refractivity contribution in [3.05, 3.63) is 40.8 Å². The molecular weight excluding hydrogens is 416 g/mol. The molecule has 8 nitrogen and oxygen atoms in total. The molecule has 0 saturated carbocycles. The fourth-order valence-electron chi connectivity index (χ4n) is 3.74. The number of benzene rings is 1. The van der Waals surface area contributed by atoms with Crippen LogP contribution in [0, 0.1) is 11.8 Å². The van der Waals surface area contributed by atoms with Crippen LogP contribution in [0.2, 0.25) is 0 Å². The first-order valence-corrected chi connectivity index (χ1v) is 11.1. The van der Waals surface area contributed by atoms with Crippen LogP contribution < -0.4 is 10.1 Å². The van der Waals surface area contributed by atoms with E-state index < -0.39 is 11.9 Å². The second-order valence-electron chi connectivity index (χ2n) is 7.86. The number of thioether (sulfide) groups is 1. The van der Waals surface area contributed by atoms with Crippen molar-refractivity contribution in [2.45, 2.75) is 20.3 Å². The third-order valence-corrected chi connectivity index (χ3v) is 5.84. The molecule has 9 heteroatoms. The summed E-state index contributed by atoms with van der Waals surface area (Å²) < 4.78 is 10.4. The summed E-state index contributed by atoms with van der Waals surface area (Å²) in [5, 5.41) is 10.9. The average molecular weight is 445 g/mol. The van der Waals surface area contributed by atoms with Crippen LogP contribution in [-0.4, -0.2) is 61.5 Å². The molecule has 0 aliphatic carbocycles. The van der Waals surface area contributed by atoms with Gasteiger partial charge in [0.15, 0.2) is 5.17 Å². The maximum Gasteiger partial charge on any atom is 0.331 e. The van der Waals surface area contributed by atoms with Gasteiger partial charge in [-0.15, -0.1) is 5.10 Å². The highest BCUT2D eigenvalue weighted by atomic mass is 32.2. The van der Waals surface area contributed by atoms with Crippen LogP contribution in [0.3, 0.4) is 0 Å². The third kappa shape index (κ3) is 7.22. The van der Waals surface area contributed by atoms with Crippen molar-refractivity contribution in [1.82, 2.24) is 10.2 Å². The first-order valence-electron chi connectivity index (χ1n) is 10.3. The molecule has 2 fully saturated rings. The second kappa shape index (κ2) is 11.1. The number of esters is 1. The number of carbonyl (C=O) groups excluding carboxylic acids is 2. The minimum atomic E-state index is -0.594. The number of likely N-dealkylation sites (tertiary alicyclic amines) is 1. The molecule has 2 aliphatic heterocycles. The molecule has 166 valence electrons. The van der Waals surface area contributed by atoms with E-state index in [1.807, 2.05) is 24.3 Å². The molecule has 2 aliphatic rings. The van der Waals surface area contributed by atoms with E-state index >= 15 is 0 Å². The van der Waals surface area contributed by atoms with Gasteiger partial charge in [0.05, 0.1) is 18.2 Å². The lowest BCUT2D eigenvalue weighted by molar-refractivity contribution is -0.135. The number of hydrogen-bond acceptors (Lipinski definition) is 8. The van der Waals surface area contributed by atoms with Gasteiger partial charge >= 0.3 is 5.97 Å². The molecule has 2 saturated heterocycles. The highest BCUT2D eigenvalue weighted by molar-refractivity contribution is 8.18. The molecule has 31 heavy (non-hydrogen) atoms. The Balaban J connectivity index is 1.50. The standard InChI is InChI=1S/C22H28N4O4S/c1-15-9-16(2)14-26(13-15)7-8-30-18-6-4-5-17(10-18)12-23-25-22-24-21(28)19(31-22)11-20(27)29-3/h4-6,10-12,15-16H,7-9,13-14H2,1-3H3,(H,24,25,28)/b19-11+,23-12?. The van der Waals surface area contributed by atoms with Crippen molar-refractivity contribution in [3.63, 3.8) is 0 Å². The maximum absolute atomic E-state index is 11.8. The quantitative estimate of drug-likeness (QED) is 0.301. The van der Waals surface area contributed by atoms with Crippen molar-refractivity contribution in [3.8, 4) is 5.75 Å². The summed E-state index contributed by atoms with van der Waals surface area (Å²) in [6, 6.07) is 7.61. The average Bonchev–Trinajstić information content (AvgIpc) is 3.06. The smallest absolute Gasteiger partial charge is 0.331 e. The minimum Gasteiger partial charge on any atom is -0.492 e. The highest BCUT2D eigenvalue weighted by Crippen LogP contribution is 2.23. The number of ether oxygens (including phenoxy) is 2. The largest absolute Gasteiger partial charge is 0.492 e. The van der Waals surface area contributed by atoms with Gasteiger partial charge in [-0.25, -0.2) is 4.79 Å². The van der Waals surface area contributed by atoms with E-state index in [0.29, 0.717) is 11.8 Å². The summed E-state index contributed by atoms with van der Waals surface area (Å²) >= 11 is 1.03. The van der Waals surface area contributed by atoms with Crippen LogP contribution in [0.4, 0.5) is 0 Å². The lowest BCUT2D eigenvalue weighted by Gasteiger charge is -2.34. The summed E-state index contributed by atoms with van der Waals surface area (Å²) in [6.45, 7) is 8.43. The number of nitrogens with zero attached hydrogens (tertiary/aromatic N) is 3. The van der Waals surface area contributed by atoms with Crippen LogP contribution >= 0.6 is 11.8 Å². The Labute approximate surface area is 186 Å². The fraction of sp³-hybridized carbons (Fsp3) is 0.455. The molecule has 1 amide bonds. The molecule has 0 radical (unpaired) electrons. The predicted molar refractivity (Wildman–Crippen MR) is 122 cm³/mol. The first kappa shape index (κ1) is 23.0. The number of amidine groups is 1. The molecule has 0 spiro atoms. The number of rotatable bonds is 7. The van der Waals surface area contributed by atoms with Crippen LogP contribution in [0.1, 0.15) is 25.8 Å². The van der Waals surface area contributed by atoms with Crippen LogP contribution in [0.15, 0.2) is 45.4 Å². The summed E-state index contributed by atoms with van der Waals surface area (Å²) in [5.41, 5.74) is 0.835. The van der Waals surface area contributed by atoms with Gasteiger partial charge in [-0.05, 0) is 47.7 Å². The van der Waals surface area contributed by atoms with Crippen molar-refractivity contribution in [2.75, 3.05) is 33.4 Å². The Morgan fingerprint density at radius 2 is 2.10 bits per heavy atom. The van der Waals surface area contributed by atoms with Crippen molar-refractivity contribution < 1.29 is 19.1 Å². The zero-order chi connectivity index (χ0) is 22.2. The Morgan fingerprint density at radius 1 is 1.32 bits per heavy atom. The molecule has 2 unspecified atom stereocenters. The number of nitrogens with one attached hydrogen (secondary N) is 1. The summed E-state index contributed by atoms with van der Waals surface area (Å²) in [4.78, 5) is 25.8. The van der Waals surface area contributed by atoms with Crippen LogP contribution in [0.5, 0.6) is 5.75 Å². The summed E-state index contributed by atoms with van der Waals surface area (Å²) in [6.07, 6.45) is 4.01. The predicted octanol–water partition coefficient (Wildman–Crippen LogP) is 2.65. The molecular formula is C22H28N4O4S. The second-order valence-corrected chi connectivity index (χ2v) is 8.89. The maximum atomic E-state index is 11.8. The molecule has 0 bridgehead atoms. The Morgan fingerprint density at radius 3 is 2.84 bits per heavy atom. The van der Waals surface area contributed by atoms with Crippen molar-refractivity contribution >= 4 is 35.0 Å². The Hall–Kier alpha value is -2.65. The molecule has 1 aromatic carbocycles. The zero-order valence-electron chi connectivity index (χ0n) is 18.0. The van der Waals surface area contributed by atoms with Gasteiger partial charge < -0.3 is 9.47 Å². The van der Waals surface area contributed by atoms with E-state index in [9.17, 15) is 9.59 Å². The molecule has 2 atom stereocenters. The summed E-state index contributed by atoms with van der Waals surface area (Å²) in [5.74, 6) is 1.25. The number of carbonyl (C=O) groups is 2. The zero-order valence-corrected chi connectivity index (χ0v) is 18.9. The van der Waals surface area contributed by atoms with E-state index in [2.05, 4.69) is 39.0 Å². The van der Waals surface area contributed by atoms with Gasteiger partial charge in [-0.1, -0.05) is 26.0 Å². The Bertz CT molecular complexity index is 889. The molecule has 0 aromatic heterocycles. The number of piperidine rings is 1. The van der Waals surface area contributed by atoms with Gasteiger partial charge in [0.25, 0.3) is 5.91 Å². The fourth-order valence-corrected chi connectivity index (χ4v) is 4.48. The van der Waals surface area contributed by atoms with Gasteiger partial charge in [-0.3, -0.25) is 15.0 Å². The molecule has 1 N–H and O–H groups in total. The van der Waals surface area contributed by atoms with Crippen LogP contribution in [-0.2, 0) is 14.3 Å². The van der Waals surface area contributed by atoms with Crippen molar-refractivity contribution in [1.29, 1.82) is 0 Å². The molecule has 1 aromatic rings. The summed E-state index contributed by atoms with van der Waals surface area (Å²) in [7, 11) is 1.25. The van der Waals surface area contributed by atoms with E-state index in [0.717, 1.165) is 60.6 Å². The highest BCUT2D eigenvalue weighted by Gasteiger charge is 2.25. The first-order chi connectivity index (χ1) is 14.9. The van der Waals surface area contributed by atoms with E-state index in [4.69, 9.17) is 4.74 Å². The van der Waals surface area contributed by atoms with Gasteiger partial charge in [0.2, 0.25) is 0 Å².